The molecule has 1 spiro atoms. The smallest absolute Gasteiger partial charge is 0.267 e. The van der Waals surface area contributed by atoms with Gasteiger partial charge in [-0.3, -0.25) is 9.48 Å². The average molecular weight is 408 g/mol. The fourth-order valence-corrected chi connectivity index (χ4v) is 5.30. The van der Waals surface area contributed by atoms with Gasteiger partial charge in [0, 0.05) is 42.1 Å². The molecule has 2 aliphatic rings. The van der Waals surface area contributed by atoms with Crippen LogP contribution in [0.2, 0.25) is 0 Å². The van der Waals surface area contributed by atoms with E-state index < -0.39 is 0 Å². The summed E-state index contributed by atoms with van der Waals surface area (Å²) in [5.41, 5.74) is 4.57. The van der Waals surface area contributed by atoms with Crippen LogP contribution in [0.25, 0.3) is 10.9 Å². The third kappa shape index (κ3) is 3.31. The van der Waals surface area contributed by atoms with Crippen molar-refractivity contribution in [2.45, 2.75) is 45.6 Å². The molecule has 3 aromatic rings. The van der Waals surface area contributed by atoms with Crippen LogP contribution in [0, 0.1) is 19.3 Å². The number of rotatable bonds is 6. The zero-order chi connectivity index (χ0) is 20.9. The van der Waals surface area contributed by atoms with Gasteiger partial charge in [-0.1, -0.05) is 0 Å². The van der Waals surface area contributed by atoms with E-state index in [4.69, 9.17) is 4.74 Å². The van der Waals surface area contributed by atoms with Crippen molar-refractivity contribution in [3.63, 3.8) is 0 Å². The molecular weight excluding hydrogens is 378 g/mol. The largest absolute Gasteiger partial charge is 0.490 e. The van der Waals surface area contributed by atoms with Crippen LogP contribution < -0.4 is 10.3 Å². The molecule has 0 bridgehead atoms. The summed E-state index contributed by atoms with van der Waals surface area (Å²) in [5, 5.41) is 11.9. The molecule has 2 fully saturated rings. The summed E-state index contributed by atoms with van der Waals surface area (Å²) < 4.78 is 8.27. The Labute approximate surface area is 176 Å². The van der Waals surface area contributed by atoms with Crippen LogP contribution in [-0.4, -0.2) is 50.6 Å². The Morgan fingerprint density at radius 2 is 2.00 bits per heavy atom. The zero-order valence-electron chi connectivity index (χ0n) is 17.9. The van der Waals surface area contributed by atoms with Gasteiger partial charge in [0.15, 0.2) is 0 Å². The number of nitrogens with zero attached hydrogens (tertiary/aromatic N) is 4. The molecule has 0 radical (unpaired) electrons. The third-order valence-electron chi connectivity index (χ3n) is 6.97. The van der Waals surface area contributed by atoms with Gasteiger partial charge in [0.2, 0.25) is 0 Å². The van der Waals surface area contributed by atoms with Gasteiger partial charge in [-0.15, -0.1) is 0 Å². The Kier molecular flexibility index (Phi) is 4.65. The highest BCUT2D eigenvalue weighted by Crippen LogP contribution is 2.50. The summed E-state index contributed by atoms with van der Waals surface area (Å²) in [6.45, 7) is 7.40. The standard InChI is InChI=1S/C23H29N5O2/c1-15-17(11-24-26-22(15)29)5-4-8-28-13-23(14-28)9-19(10-23)30-20-7-6-18-12-25-27(3)21(18)16(20)2/h6-7,11-12,19H,4-5,8-10,13-14H2,1-3H3,(H,26,29). The Balaban J connectivity index is 1.09. The topological polar surface area (TPSA) is 76.0 Å². The highest BCUT2D eigenvalue weighted by Gasteiger charge is 2.53. The van der Waals surface area contributed by atoms with E-state index in [-0.39, 0.29) is 5.56 Å². The number of likely N-dealkylation sites (tertiary alicyclic amines) is 1. The first-order valence-electron chi connectivity index (χ1n) is 10.8. The molecule has 1 saturated carbocycles. The van der Waals surface area contributed by atoms with Crippen molar-refractivity contribution in [2.24, 2.45) is 12.5 Å². The summed E-state index contributed by atoms with van der Waals surface area (Å²) in [7, 11) is 1.98. The number of hydrogen-bond acceptors (Lipinski definition) is 5. The Morgan fingerprint density at radius 3 is 2.80 bits per heavy atom. The van der Waals surface area contributed by atoms with Crippen molar-refractivity contribution >= 4 is 10.9 Å². The van der Waals surface area contributed by atoms with E-state index in [1.54, 1.807) is 6.20 Å². The van der Waals surface area contributed by atoms with Crippen molar-refractivity contribution < 1.29 is 4.74 Å². The van der Waals surface area contributed by atoms with Crippen molar-refractivity contribution in [1.82, 2.24) is 24.9 Å². The fraction of sp³-hybridized carbons (Fsp3) is 0.522. The second-order valence-corrected chi connectivity index (χ2v) is 9.21. The van der Waals surface area contributed by atoms with Gasteiger partial charge in [-0.25, -0.2) is 5.10 Å². The second-order valence-electron chi connectivity index (χ2n) is 9.21. The molecule has 2 aromatic heterocycles. The minimum atomic E-state index is -0.0753. The number of benzene rings is 1. The van der Waals surface area contributed by atoms with Gasteiger partial charge in [0.25, 0.3) is 5.56 Å². The van der Waals surface area contributed by atoms with Crippen molar-refractivity contribution in [1.29, 1.82) is 0 Å². The van der Waals surface area contributed by atoms with E-state index in [0.717, 1.165) is 60.0 Å². The van der Waals surface area contributed by atoms with E-state index in [9.17, 15) is 4.79 Å². The number of fused-ring (bicyclic) bond motifs is 1. The van der Waals surface area contributed by atoms with E-state index in [1.807, 2.05) is 24.9 Å². The summed E-state index contributed by atoms with van der Waals surface area (Å²) in [4.78, 5) is 14.2. The molecule has 30 heavy (non-hydrogen) atoms. The molecule has 1 N–H and O–H groups in total. The lowest BCUT2D eigenvalue weighted by Gasteiger charge is -2.58. The van der Waals surface area contributed by atoms with Crippen LogP contribution in [0.3, 0.4) is 0 Å². The van der Waals surface area contributed by atoms with Crippen molar-refractivity contribution in [2.75, 3.05) is 19.6 Å². The Morgan fingerprint density at radius 1 is 1.20 bits per heavy atom. The van der Waals surface area contributed by atoms with Gasteiger partial charge in [0.05, 0.1) is 24.0 Å². The minimum absolute atomic E-state index is 0.0753. The Hall–Kier alpha value is -2.67. The fourth-order valence-electron chi connectivity index (χ4n) is 5.30. The van der Waals surface area contributed by atoms with Gasteiger partial charge in [-0.2, -0.15) is 10.2 Å². The van der Waals surface area contributed by atoms with Crippen molar-refractivity contribution in [3.8, 4) is 5.75 Å². The van der Waals surface area contributed by atoms with Gasteiger partial charge in [0.1, 0.15) is 5.75 Å². The van der Waals surface area contributed by atoms with E-state index in [1.165, 1.54) is 18.7 Å². The van der Waals surface area contributed by atoms with Crippen LogP contribution in [-0.2, 0) is 13.5 Å². The zero-order valence-corrected chi connectivity index (χ0v) is 17.9. The predicted octanol–water partition coefficient (Wildman–Crippen LogP) is 2.75. The lowest BCUT2D eigenvalue weighted by Crippen LogP contribution is -2.64. The number of H-pyrrole nitrogens is 1. The van der Waals surface area contributed by atoms with Crippen LogP contribution >= 0.6 is 0 Å². The summed E-state index contributed by atoms with van der Waals surface area (Å²) in [6, 6.07) is 4.19. The van der Waals surface area contributed by atoms with Crippen molar-refractivity contribution in [3.05, 3.63) is 51.6 Å². The van der Waals surface area contributed by atoms with Gasteiger partial charge >= 0.3 is 0 Å². The molecule has 0 unspecified atom stereocenters. The molecule has 7 heteroatoms. The van der Waals surface area contributed by atoms with Crippen LogP contribution in [0.15, 0.2) is 29.3 Å². The quantitative estimate of drug-likeness (QED) is 0.680. The number of aromatic nitrogens is 4. The average Bonchev–Trinajstić information content (AvgIpc) is 3.04. The van der Waals surface area contributed by atoms with E-state index >= 15 is 0 Å². The molecule has 1 aromatic carbocycles. The van der Waals surface area contributed by atoms with E-state index in [0.29, 0.717) is 11.5 Å². The number of hydrogen-bond donors (Lipinski definition) is 1. The normalized spacial score (nSPS) is 18.5. The van der Waals surface area contributed by atoms with E-state index in [2.05, 4.69) is 39.3 Å². The molecule has 0 amide bonds. The van der Waals surface area contributed by atoms with Crippen LogP contribution in [0.4, 0.5) is 0 Å². The maximum atomic E-state index is 11.6. The molecule has 1 saturated heterocycles. The molecular formula is C23H29N5O2. The molecule has 5 rings (SSSR count). The van der Waals surface area contributed by atoms with Crippen LogP contribution in [0.1, 0.15) is 36.0 Å². The highest BCUT2D eigenvalue weighted by molar-refractivity contribution is 5.83. The Bertz CT molecular complexity index is 1130. The first-order chi connectivity index (χ1) is 14.4. The summed E-state index contributed by atoms with van der Waals surface area (Å²) >= 11 is 0. The molecule has 158 valence electrons. The highest BCUT2D eigenvalue weighted by atomic mass is 16.5. The molecule has 0 atom stereocenters. The maximum Gasteiger partial charge on any atom is 0.267 e. The number of aromatic amines is 1. The first kappa shape index (κ1) is 19.3. The molecule has 3 heterocycles. The second kappa shape index (κ2) is 7.23. The maximum absolute atomic E-state index is 11.6. The van der Waals surface area contributed by atoms with Crippen LogP contribution in [0.5, 0.6) is 5.75 Å². The number of ether oxygens (including phenoxy) is 1. The molecule has 7 nitrogen and oxygen atoms in total. The summed E-state index contributed by atoms with van der Waals surface area (Å²) in [6.07, 6.45) is 8.27. The predicted molar refractivity (Wildman–Crippen MR) is 116 cm³/mol. The monoisotopic (exact) mass is 407 g/mol. The number of aryl methyl sites for hydroxylation is 3. The lowest BCUT2D eigenvalue weighted by molar-refractivity contribution is -0.119. The lowest BCUT2D eigenvalue weighted by atomic mass is 9.61. The number of nitrogens with one attached hydrogen (secondary N) is 1. The van der Waals surface area contributed by atoms with Gasteiger partial charge < -0.3 is 9.64 Å². The minimum Gasteiger partial charge on any atom is -0.490 e. The first-order valence-corrected chi connectivity index (χ1v) is 10.8. The molecule has 1 aliphatic heterocycles. The molecule has 1 aliphatic carbocycles. The van der Waals surface area contributed by atoms with Gasteiger partial charge in [-0.05, 0) is 63.8 Å². The summed E-state index contributed by atoms with van der Waals surface area (Å²) in [5.74, 6) is 0.990. The third-order valence-corrected chi connectivity index (χ3v) is 6.97. The SMILES string of the molecule is Cc1c(CCCN2CC3(CC(Oc4ccc5cnn(C)c5c4C)C3)C2)cn[nH]c1=O.